The van der Waals surface area contributed by atoms with Gasteiger partial charge in [0.15, 0.2) is 0 Å². The summed E-state index contributed by atoms with van der Waals surface area (Å²) in [5.41, 5.74) is -1.72. The Kier molecular flexibility index (Phi) is 4.17. The van der Waals surface area contributed by atoms with E-state index in [9.17, 15) is 27.6 Å². The minimum absolute atomic E-state index is 0.100. The summed E-state index contributed by atoms with van der Waals surface area (Å²) in [6.07, 6.45) is -4.00. The van der Waals surface area contributed by atoms with Gasteiger partial charge in [-0.2, -0.15) is 18.3 Å². The van der Waals surface area contributed by atoms with Crippen molar-refractivity contribution in [3.05, 3.63) is 17.5 Å². The number of H-pyrrole nitrogens is 1. The molecule has 1 unspecified atom stereocenters. The van der Waals surface area contributed by atoms with Crippen molar-refractivity contribution in [2.24, 2.45) is 5.92 Å². The maximum absolute atomic E-state index is 12.8. The number of alkyl halides is 3. The lowest BCUT2D eigenvalue weighted by atomic mass is 10.1. The topological polar surface area (TPSA) is 98.4 Å². The van der Waals surface area contributed by atoms with Gasteiger partial charge in [0.25, 0.3) is 5.91 Å². The number of aromatic nitrogens is 2. The third-order valence-electron chi connectivity index (χ3n) is 4.52. The molecule has 2 fully saturated rings. The van der Waals surface area contributed by atoms with Crippen LogP contribution in [-0.2, 0) is 15.8 Å². The van der Waals surface area contributed by atoms with Gasteiger partial charge in [-0.25, -0.2) is 0 Å². The summed E-state index contributed by atoms with van der Waals surface area (Å²) in [6.45, 7) is 0.506. The number of likely N-dealkylation sites (tertiary alicyclic amines) is 2. The summed E-state index contributed by atoms with van der Waals surface area (Å²) in [5, 5.41) is 7.87. The lowest BCUT2D eigenvalue weighted by Gasteiger charge is -2.43. The second-order valence-corrected chi connectivity index (χ2v) is 6.08. The average Bonchev–Trinajstić information content (AvgIpc) is 3.12. The van der Waals surface area contributed by atoms with Gasteiger partial charge in [0.2, 0.25) is 11.8 Å². The molecule has 2 saturated heterocycles. The van der Waals surface area contributed by atoms with Crippen molar-refractivity contribution in [1.29, 1.82) is 0 Å². The van der Waals surface area contributed by atoms with Crippen molar-refractivity contribution in [1.82, 2.24) is 25.3 Å². The number of nitrogens with zero attached hydrogens (tertiary/aromatic N) is 3. The van der Waals surface area contributed by atoms with E-state index in [2.05, 4.69) is 15.5 Å². The molecule has 3 rings (SSSR count). The Morgan fingerprint density at radius 2 is 2.00 bits per heavy atom. The van der Waals surface area contributed by atoms with Gasteiger partial charge in [-0.15, -0.1) is 0 Å². The molecule has 25 heavy (non-hydrogen) atoms. The van der Waals surface area contributed by atoms with Crippen LogP contribution in [0.3, 0.4) is 0 Å². The SMILES string of the molecule is CNC(=O)C1CC(=O)N(C2CN(C(=O)c3[nH]ncc3C(F)(F)F)C2)C1. The highest BCUT2D eigenvalue weighted by atomic mass is 19.4. The lowest BCUT2D eigenvalue weighted by Crippen LogP contribution is -2.61. The van der Waals surface area contributed by atoms with Crippen LogP contribution in [-0.4, -0.2) is 70.4 Å². The molecule has 3 amide bonds. The van der Waals surface area contributed by atoms with E-state index in [-0.39, 0.29) is 43.9 Å². The van der Waals surface area contributed by atoms with E-state index in [4.69, 9.17) is 0 Å². The summed E-state index contributed by atoms with van der Waals surface area (Å²) in [5.74, 6) is -1.67. The first-order valence-electron chi connectivity index (χ1n) is 7.63. The predicted octanol–water partition coefficient (Wildman–Crippen LogP) is -0.153. The third kappa shape index (κ3) is 3.05. The monoisotopic (exact) mass is 359 g/mol. The number of nitrogens with one attached hydrogen (secondary N) is 2. The van der Waals surface area contributed by atoms with E-state index in [1.54, 1.807) is 0 Å². The Bertz CT molecular complexity index is 711. The molecule has 0 bridgehead atoms. The zero-order chi connectivity index (χ0) is 18.4. The summed E-state index contributed by atoms with van der Waals surface area (Å²) < 4.78 is 38.5. The van der Waals surface area contributed by atoms with E-state index < -0.39 is 29.3 Å². The minimum Gasteiger partial charge on any atom is -0.359 e. The molecule has 1 aromatic rings. The highest BCUT2D eigenvalue weighted by molar-refractivity contribution is 5.95. The maximum Gasteiger partial charge on any atom is 0.420 e. The van der Waals surface area contributed by atoms with Crippen LogP contribution in [0.15, 0.2) is 6.20 Å². The molecular formula is C14H16F3N5O3. The molecule has 2 aliphatic rings. The maximum atomic E-state index is 12.8. The highest BCUT2D eigenvalue weighted by Gasteiger charge is 2.45. The van der Waals surface area contributed by atoms with E-state index >= 15 is 0 Å². The molecule has 2 aliphatic heterocycles. The molecule has 1 aromatic heterocycles. The van der Waals surface area contributed by atoms with Crippen molar-refractivity contribution in [3.63, 3.8) is 0 Å². The van der Waals surface area contributed by atoms with Crippen molar-refractivity contribution >= 4 is 17.7 Å². The van der Waals surface area contributed by atoms with Crippen LogP contribution in [0.2, 0.25) is 0 Å². The predicted molar refractivity (Wildman–Crippen MR) is 77.2 cm³/mol. The van der Waals surface area contributed by atoms with Gasteiger partial charge in [0.1, 0.15) is 11.3 Å². The molecule has 8 nitrogen and oxygen atoms in total. The van der Waals surface area contributed by atoms with Crippen molar-refractivity contribution in [2.75, 3.05) is 26.7 Å². The quantitative estimate of drug-likeness (QED) is 0.784. The number of aromatic amines is 1. The smallest absolute Gasteiger partial charge is 0.359 e. The number of rotatable bonds is 3. The van der Waals surface area contributed by atoms with Gasteiger partial charge in [-0.3, -0.25) is 19.5 Å². The summed E-state index contributed by atoms with van der Waals surface area (Å²) in [4.78, 5) is 38.6. The van der Waals surface area contributed by atoms with Gasteiger partial charge in [0.05, 0.1) is 18.2 Å². The van der Waals surface area contributed by atoms with Crippen LogP contribution in [0, 0.1) is 5.92 Å². The Balaban J connectivity index is 1.62. The molecule has 1 atom stereocenters. The Morgan fingerprint density at radius 3 is 2.60 bits per heavy atom. The number of halogens is 3. The van der Waals surface area contributed by atoms with Crippen molar-refractivity contribution in [2.45, 2.75) is 18.6 Å². The number of hydrogen-bond donors (Lipinski definition) is 2. The van der Waals surface area contributed by atoms with Crippen molar-refractivity contribution < 1.29 is 27.6 Å². The highest BCUT2D eigenvalue weighted by Crippen LogP contribution is 2.32. The molecule has 136 valence electrons. The second kappa shape index (κ2) is 6.05. The molecular weight excluding hydrogens is 343 g/mol. The molecule has 0 spiro atoms. The molecule has 11 heteroatoms. The van der Waals surface area contributed by atoms with Crippen LogP contribution in [0.5, 0.6) is 0 Å². The molecule has 0 aromatic carbocycles. The Labute approximate surface area is 140 Å². The van der Waals surface area contributed by atoms with Gasteiger partial charge in [-0.05, 0) is 0 Å². The lowest BCUT2D eigenvalue weighted by molar-refractivity contribution is -0.138. The fourth-order valence-corrected chi connectivity index (χ4v) is 3.10. The van der Waals surface area contributed by atoms with E-state index in [0.717, 1.165) is 0 Å². The average molecular weight is 359 g/mol. The normalized spacial score (nSPS) is 21.4. The molecule has 0 radical (unpaired) electrons. The summed E-state index contributed by atoms with van der Waals surface area (Å²) in [7, 11) is 1.49. The zero-order valence-corrected chi connectivity index (χ0v) is 13.3. The van der Waals surface area contributed by atoms with Gasteiger partial charge in [-0.1, -0.05) is 0 Å². The summed E-state index contributed by atoms with van der Waals surface area (Å²) >= 11 is 0. The number of carbonyl (C=O) groups is 3. The first-order valence-corrected chi connectivity index (χ1v) is 7.63. The largest absolute Gasteiger partial charge is 0.420 e. The Morgan fingerprint density at radius 1 is 1.32 bits per heavy atom. The number of amides is 3. The van der Waals surface area contributed by atoms with Gasteiger partial charge >= 0.3 is 6.18 Å². The first-order chi connectivity index (χ1) is 11.7. The molecule has 2 N–H and O–H groups in total. The van der Waals surface area contributed by atoms with Crippen molar-refractivity contribution in [3.8, 4) is 0 Å². The van der Waals surface area contributed by atoms with Gasteiger partial charge < -0.3 is 15.1 Å². The first kappa shape index (κ1) is 17.2. The molecule has 0 aliphatic carbocycles. The fourth-order valence-electron chi connectivity index (χ4n) is 3.10. The Hall–Kier alpha value is -2.59. The van der Waals surface area contributed by atoms with Crippen LogP contribution in [0.4, 0.5) is 13.2 Å². The fraction of sp³-hybridized carbons (Fsp3) is 0.571. The molecule has 3 heterocycles. The van der Waals surface area contributed by atoms with Crippen LogP contribution >= 0.6 is 0 Å². The van der Waals surface area contributed by atoms with Crippen LogP contribution in [0.1, 0.15) is 22.5 Å². The number of carbonyl (C=O) groups excluding carboxylic acids is 3. The van der Waals surface area contributed by atoms with Crippen LogP contribution in [0.25, 0.3) is 0 Å². The summed E-state index contributed by atoms with van der Waals surface area (Å²) in [6, 6.07) is -0.289. The minimum atomic E-state index is -4.67. The van der Waals surface area contributed by atoms with E-state index in [1.807, 2.05) is 0 Å². The number of hydrogen-bond acceptors (Lipinski definition) is 4. The van der Waals surface area contributed by atoms with Crippen LogP contribution < -0.4 is 5.32 Å². The van der Waals surface area contributed by atoms with E-state index in [1.165, 1.54) is 16.8 Å². The third-order valence-corrected chi connectivity index (χ3v) is 4.52. The standard InChI is InChI=1S/C14H16F3N5O3/c1-18-12(24)7-2-10(23)22(4-7)8-5-21(6-8)13(25)11-9(3-19-20-11)14(15,16)17/h3,7-8H,2,4-6H2,1H3,(H,18,24)(H,19,20). The zero-order valence-electron chi connectivity index (χ0n) is 13.3. The molecule has 0 saturated carbocycles. The van der Waals surface area contributed by atoms with Gasteiger partial charge in [0, 0.05) is 33.1 Å². The van der Waals surface area contributed by atoms with E-state index in [0.29, 0.717) is 6.20 Å². The second-order valence-electron chi connectivity index (χ2n) is 6.08.